The van der Waals surface area contributed by atoms with Crippen LogP contribution in [0.2, 0.25) is 0 Å². The molecule has 1 nitrogen and oxygen atoms in total. The zero-order valence-electron chi connectivity index (χ0n) is 21.5. The Bertz CT molecular complexity index is 1890. The molecule has 1 aliphatic heterocycles. The Hall–Kier alpha value is -4.66. The summed E-state index contributed by atoms with van der Waals surface area (Å²) in [6.45, 7) is 4.43. The zero-order valence-corrected chi connectivity index (χ0v) is 22.4. The number of para-hydroxylation sites is 1. The summed E-state index contributed by atoms with van der Waals surface area (Å²) in [4.78, 5) is 2.24. The molecule has 0 saturated carbocycles. The van der Waals surface area contributed by atoms with Crippen molar-refractivity contribution in [2.24, 2.45) is 0 Å². The fourth-order valence-electron chi connectivity index (χ4n) is 5.56. The fourth-order valence-corrected chi connectivity index (χ4v) is 6.80. The molecule has 39 heavy (non-hydrogen) atoms. The maximum Gasteiger partial charge on any atom is 0.0534 e. The minimum Gasteiger partial charge on any atom is -0.317 e. The lowest BCUT2D eigenvalue weighted by Gasteiger charge is -2.25. The maximum atomic E-state index is 4.43. The average molecular weight is 518 g/mol. The molecular weight excluding hydrogens is 490 g/mol. The molecule has 5 aromatic carbocycles. The highest BCUT2D eigenvalue weighted by Gasteiger charge is 2.18. The van der Waals surface area contributed by atoms with Gasteiger partial charge in [0.2, 0.25) is 0 Å². The highest BCUT2D eigenvalue weighted by molar-refractivity contribution is 7.26. The van der Waals surface area contributed by atoms with E-state index in [0.717, 1.165) is 28.9 Å². The van der Waals surface area contributed by atoms with E-state index >= 15 is 0 Å². The summed E-state index contributed by atoms with van der Waals surface area (Å²) in [7, 11) is 0. The first-order valence-electron chi connectivity index (χ1n) is 13.3. The van der Waals surface area contributed by atoms with Gasteiger partial charge >= 0.3 is 0 Å². The molecule has 0 aliphatic carbocycles. The van der Waals surface area contributed by atoms with Crippen molar-refractivity contribution in [2.75, 3.05) is 4.90 Å². The van der Waals surface area contributed by atoms with Crippen molar-refractivity contribution in [3.63, 3.8) is 0 Å². The van der Waals surface area contributed by atoms with E-state index in [1.807, 2.05) is 11.3 Å². The van der Waals surface area contributed by atoms with Gasteiger partial charge < -0.3 is 4.90 Å². The van der Waals surface area contributed by atoms with E-state index in [0.29, 0.717) is 0 Å². The van der Waals surface area contributed by atoms with Gasteiger partial charge in [0, 0.05) is 37.6 Å². The first kappa shape index (κ1) is 23.5. The highest BCUT2D eigenvalue weighted by Crippen LogP contribution is 2.43. The lowest BCUT2D eigenvalue weighted by Crippen LogP contribution is -2.11. The molecule has 1 aromatic heterocycles. The van der Waals surface area contributed by atoms with Crippen LogP contribution in [0.25, 0.3) is 36.9 Å². The quantitative estimate of drug-likeness (QED) is 0.225. The summed E-state index contributed by atoms with van der Waals surface area (Å²) in [5, 5.41) is 2.66. The topological polar surface area (TPSA) is 3.24 Å². The van der Waals surface area contributed by atoms with E-state index in [9.17, 15) is 0 Å². The second-order valence-corrected chi connectivity index (χ2v) is 11.0. The number of hydrogen-bond donors (Lipinski definition) is 0. The second-order valence-electron chi connectivity index (χ2n) is 9.90. The van der Waals surface area contributed by atoms with Crippen LogP contribution >= 0.6 is 11.3 Å². The van der Waals surface area contributed by atoms with E-state index in [1.165, 1.54) is 42.4 Å². The Labute approximate surface area is 233 Å². The molecule has 0 spiro atoms. The van der Waals surface area contributed by atoms with Crippen LogP contribution in [-0.4, -0.2) is 0 Å². The number of nitrogens with zero attached hydrogens (tertiary/aromatic N) is 1. The van der Waals surface area contributed by atoms with E-state index in [4.69, 9.17) is 0 Å². The van der Waals surface area contributed by atoms with Crippen molar-refractivity contribution < 1.29 is 0 Å². The Morgan fingerprint density at radius 2 is 1.49 bits per heavy atom. The van der Waals surface area contributed by atoms with Gasteiger partial charge in [-0.15, -0.1) is 11.3 Å². The van der Waals surface area contributed by atoms with Gasteiger partial charge in [0.05, 0.1) is 5.69 Å². The van der Waals surface area contributed by atoms with Gasteiger partial charge in [0.1, 0.15) is 0 Å². The van der Waals surface area contributed by atoms with Crippen molar-refractivity contribution in [3.05, 3.63) is 163 Å². The SMILES string of the molecule is C=C1/C=C\C=C/N(c2ccccc2)c2ccc(-c3cccc4sc5c(Cc6ccccc6)cccc5c34)cc21. The largest absolute Gasteiger partial charge is 0.317 e. The van der Waals surface area contributed by atoms with E-state index in [2.05, 4.69) is 151 Å². The molecule has 2 heterocycles. The molecule has 0 atom stereocenters. The number of hydrogen-bond acceptors (Lipinski definition) is 2. The minimum absolute atomic E-state index is 0.939. The summed E-state index contributed by atoms with van der Waals surface area (Å²) >= 11 is 1.90. The van der Waals surface area contributed by atoms with Crippen LogP contribution in [0.3, 0.4) is 0 Å². The molecule has 0 saturated heterocycles. The van der Waals surface area contributed by atoms with Gasteiger partial charge in [-0.3, -0.25) is 0 Å². The molecule has 0 fully saturated rings. The Morgan fingerprint density at radius 3 is 2.33 bits per heavy atom. The predicted molar refractivity (Wildman–Crippen MR) is 170 cm³/mol. The number of anilines is 2. The van der Waals surface area contributed by atoms with E-state index in [-0.39, 0.29) is 0 Å². The van der Waals surface area contributed by atoms with Crippen LogP contribution in [0.1, 0.15) is 16.7 Å². The molecule has 6 aromatic rings. The fraction of sp³-hybridized carbons (Fsp3) is 0.0270. The van der Waals surface area contributed by atoms with Gasteiger partial charge in [-0.25, -0.2) is 0 Å². The van der Waals surface area contributed by atoms with Crippen LogP contribution < -0.4 is 4.90 Å². The molecule has 0 N–H and O–H groups in total. The van der Waals surface area contributed by atoms with Gasteiger partial charge in [0.15, 0.2) is 0 Å². The Balaban J connectivity index is 1.39. The van der Waals surface area contributed by atoms with Crippen molar-refractivity contribution in [1.82, 2.24) is 0 Å². The average Bonchev–Trinajstić information content (AvgIpc) is 3.37. The van der Waals surface area contributed by atoms with Crippen molar-refractivity contribution in [1.29, 1.82) is 0 Å². The summed E-state index contributed by atoms with van der Waals surface area (Å²) in [5.74, 6) is 0. The highest BCUT2D eigenvalue weighted by atomic mass is 32.1. The van der Waals surface area contributed by atoms with Gasteiger partial charge in [0.25, 0.3) is 0 Å². The lowest BCUT2D eigenvalue weighted by molar-refractivity contribution is 1.22. The Kier molecular flexibility index (Phi) is 5.96. The minimum atomic E-state index is 0.939. The molecule has 0 bridgehead atoms. The zero-order chi connectivity index (χ0) is 26.2. The van der Waals surface area contributed by atoms with Crippen molar-refractivity contribution in [3.8, 4) is 11.1 Å². The van der Waals surface area contributed by atoms with Crippen LogP contribution in [0.5, 0.6) is 0 Å². The van der Waals surface area contributed by atoms with Crippen molar-refractivity contribution in [2.45, 2.75) is 6.42 Å². The molecule has 0 unspecified atom stereocenters. The smallest absolute Gasteiger partial charge is 0.0534 e. The molecule has 186 valence electrons. The van der Waals surface area contributed by atoms with Gasteiger partial charge in [-0.05, 0) is 70.7 Å². The summed E-state index contributed by atoms with van der Waals surface area (Å²) in [6, 6.07) is 41.5. The van der Waals surface area contributed by atoms with Crippen molar-refractivity contribution >= 4 is 48.5 Å². The monoisotopic (exact) mass is 517 g/mol. The lowest BCUT2D eigenvalue weighted by atomic mass is 9.93. The number of benzene rings is 5. The van der Waals surface area contributed by atoms with E-state index < -0.39 is 0 Å². The number of thiophene rings is 1. The van der Waals surface area contributed by atoms with E-state index in [1.54, 1.807) is 0 Å². The van der Waals surface area contributed by atoms with Gasteiger partial charge in [-0.1, -0.05) is 104 Å². The maximum absolute atomic E-state index is 4.43. The number of rotatable bonds is 4. The standard InChI is InChI=1S/C37H27NS/c1-26-12-8-9-23-38(30-16-6-3-7-17-30)34-22-21-28(25-33(26)34)31-18-11-20-35-36(31)32-19-10-15-29(37(32)39-35)24-27-13-4-2-5-14-27/h2-23,25H,1,24H2/b12-8-,23-9-. The molecule has 0 amide bonds. The summed E-state index contributed by atoms with van der Waals surface area (Å²) < 4.78 is 2.70. The first-order valence-corrected chi connectivity index (χ1v) is 14.1. The van der Waals surface area contributed by atoms with Gasteiger partial charge in [-0.2, -0.15) is 0 Å². The van der Waals surface area contributed by atoms with Crippen LogP contribution in [0.4, 0.5) is 11.4 Å². The van der Waals surface area contributed by atoms with Crippen LogP contribution in [0, 0.1) is 0 Å². The third kappa shape index (κ3) is 4.29. The van der Waals surface area contributed by atoms with Crippen LogP contribution in [-0.2, 0) is 6.42 Å². The third-order valence-electron chi connectivity index (χ3n) is 7.43. The summed E-state index contributed by atoms with van der Waals surface area (Å²) in [6.07, 6.45) is 9.29. The molecule has 2 heteroatoms. The third-order valence-corrected chi connectivity index (χ3v) is 8.68. The Morgan fingerprint density at radius 1 is 0.692 bits per heavy atom. The molecular formula is C37H27NS. The molecule has 1 aliphatic rings. The normalized spacial score (nSPS) is 14.7. The van der Waals surface area contributed by atoms with Crippen LogP contribution in [0.15, 0.2) is 146 Å². The molecule has 7 rings (SSSR count). The predicted octanol–water partition coefficient (Wildman–Crippen LogP) is 10.5. The number of allylic oxidation sites excluding steroid dienone is 4. The first-order chi connectivity index (χ1) is 19.3. The molecule has 0 radical (unpaired) electrons. The number of fused-ring (bicyclic) bond motifs is 4. The second kappa shape index (κ2) is 9.90. The summed E-state index contributed by atoms with van der Waals surface area (Å²) in [5.41, 5.74) is 9.59.